The number of fused-ring (bicyclic) bond motifs is 8. The molecule has 0 saturated carbocycles. The van der Waals surface area contributed by atoms with Crippen LogP contribution in [-0.2, 0) is 54.8 Å². The largest absolute Gasteiger partial charge is 0.493 e. The second kappa shape index (κ2) is 24.7. The fraction of sp³-hybridized carbons (Fsp3) is 0.387. The number of methoxy groups -OCH3 is 2. The number of para-hydroxylation sites is 2. The molecule has 84 heavy (non-hydrogen) atoms. The van der Waals surface area contributed by atoms with Gasteiger partial charge in [0.1, 0.15) is 13.2 Å². The van der Waals surface area contributed by atoms with Gasteiger partial charge >= 0.3 is 12.0 Å². The molecule has 1 saturated heterocycles. The molecule has 1 fully saturated rings. The quantitative estimate of drug-likeness (QED) is 0.0356. The lowest BCUT2D eigenvalue weighted by molar-refractivity contribution is -0.195. The lowest BCUT2D eigenvalue weighted by Crippen LogP contribution is -2.49. The number of hydroxylamine groups is 2. The molecule has 0 radical (unpaired) electrons. The third-order valence-electron chi connectivity index (χ3n) is 15.1. The number of carbonyl (C=O) groups excluding carboxylic acids is 7. The summed E-state index contributed by atoms with van der Waals surface area (Å²) in [5, 5.41) is 9.58. The van der Waals surface area contributed by atoms with E-state index in [9.17, 15) is 28.8 Å². The van der Waals surface area contributed by atoms with E-state index in [1.807, 2.05) is 94.1 Å². The molecule has 0 spiro atoms. The Kier molecular flexibility index (Phi) is 17.2. The highest BCUT2D eigenvalue weighted by atomic mass is 32.2. The highest BCUT2D eigenvalue weighted by Gasteiger charge is 2.40. The van der Waals surface area contributed by atoms with Crippen molar-refractivity contribution < 1.29 is 62.1 Å². The van der Waals surface area contributed by atoms with Crippen molar-refractivity contribution in [3.63, 3.8) is 0 Å². The Hall–Kier alpha value is -8.63. The first kappa shape index (κ1) is 58.6. The number of rotatable bonds is 21. The van der Waals surface area contributed by atoms with Gasteiger partial charge in [-0.3, -0.25) is 38.8 Å². The lowest BCUT2D eigenvalue weighted by atomic mass is 9.87. The van der Waals surface area contributed by atoms with Crippen molar-refractivity contribution in [2.45, 2.75) is 97.6 Å². The number of ether oxygens (including phenoxy) is 5. The molecule has 7 amide bonds. The number of imide groups is 1. The van der Waals surface area contributed by atoms with Gasteiger partial charge in [-0.2, -0.15) is 0 Å². The van der Waals surface area contributed by atoms with Crippen LogP contribution in [0.1, 0.15) is 96.9 Å². The molecule has 5 aromatic carbocycles. The van der Waals surface area contributed by atoms with E-state index in [4.69, 9.17) is 33.5 Å². The summed E-state index contributed by atoms with van der Waals surface area (Å²) < 4.78 is 31.0. The number of hydrogen-bond donors (Lipinski definition) is 3. The van der Waals surface area contributed by atoms with E-state index in [1.165, 1.54) is 19.1 Å². The molecule has 21 nitrogen and oxygen atoms in total. The van der Waals surface area contributed by atoms with Crippen molar-refractivity contribution in [1.29, 1.82) is 0 Å². The molecule has 0 aromatic heterocycles. The van der Waals surface area contributed by atoms with Crippen molar-refractivity contribution >= 4 is 87.9 Å². The number of aliphatic imine (C=N–C) groups is 1. The summed E-state index contributed by atoms with van der Waals surface area (Å²) in [6.07, 6.45) is 3.41. The zero-order chi connectivity index (χ0) is 59.5. The molecule has 0 bridgehead atoms. The topological polar surface area (TPSA) is 236 Å². The molecule has 0 aliphatic carbocycles. The van der Waals surface area contributed by atoms with E-state index in [0.29, 0.717) is 93.2 Å². The summed E-state index contributed by atoms with van der Waals surface area (Å²) in [5.41, 5.74) is 5.75. The van der Waals surface area contributed by atoms with E-state index in [0.717, 1.165) is 34.3 Å². The number of nitrogens with zero attached hydrogens (tertiary/aromatic N) is 5. The van der Waals surface area contributed by atoms with Crippen LogP contribution in [0, 0.1) is 5.41 Å². The minimum Gasteiger partial charge on any atom is -0.493 e. The molecule has 440 valence electrons. The van der Waals surface area contributed by atoms with Crippen LogP contribution >= 0.6 is 11.8 Å². The first-order chi connectivity index (χ1) is 40.3. The minimum absolute atomic E-state index is 0.0207. The summed E-state index contributed by atoms with van der Waals surface area (Å²) >= 11 is 1.13. The van der Waals surface area contributed by atoms with Crippen LogP contribution in [0.5, 0.6) is 23.0 Å². The molecule has 2 atom stereocenters. The van der Waals surface area contributed by atoms with Crippen molar-refractivity contribution in [2.24, 2.45) is 10.4 Å². The van der Waals surface area contributed by atoms with Crippen LogP contribution in [0.15, 0.2) is 96.0 Å². The zero-order valence-corrected chi connectivity index (χ0v) is 48.9. The predicted octanol–water partition coefficient (Wildman–Crippen LogP) is 8.31. The van der Waals surface area contributed by atoms with Gasteiger partial charge in [0.2, 0.25) is 5.91 Å². The second-order valence-corrected chi connectivity index (χ2v) is 23.7. The highest BCUT2D eigenvalue weighted by molar-refractivity contribution is 7.99. The maximum absolute atomic E-state index is 15.1. The molecule has 22 heteroatoms. The van der Waals surface area contributed by atoms with Crippen LogP contribution in [-0.4, -0.2) is 123 Å². The molecule has 0 unspecified atom stereocenters. The van der Waals surface area contributed by atoms with E-state index in [1.54, 1.807) is 47.5 Å². The van der Waals surface area contributed by atoms with Crippen molar-refractivity contribution in [2.75, 3.05) is 72.1 Å². The summed E-state index contributed by atoms with van der Waals surface area (Å²) in [7, 11) is 3.00. The molecule has 3 N–H and O–H groups in total. The fourth-order valence-electron chi connectivity index (χ4n) is 10.7. The van der Waals surface area contributed by atoms with Gasteiger partial charge in [0.25, 0.3) is 23.6 Å². The van der Waals surface area contributed by atoms with Gasteiger partial charge in [-0.15, -0.1) is 16.8 Å². The van der Waals surface area contributed by atoms with Crippen molar-refractivity contribution in [3.8, 4) is 23.0 Å². The first-order valence-corrected chi connectivity index (χ1v) is 29.0. The fourth-order valence-corrected chi connectivity index (χ4v) is 11.4. The van der Waals surface area contributed by atoms with Crippen LogP contribution in [0.4, 0.5) is 33.2 Å². The van der Waals surface area contributed by atoms with Gasteiger partial charge < -0.3 is 49.4 Å². The van der Waals surface area contributed by atoms with E-state index < -0.39 is 34.8 Å². The van der Waals surface area contributed by atoms with E-state index >= 15 is 4.79 Å². The van der Waals surface area contributed by atoms with Crippen LogP contribution in [0.2, 0.25) is 0 Å². The van der Waals surface area contributed by atoms with Crippen molar-refractivity contribution in [1.82, 2.24) is 15.7 Å². The summed E-state index contributed by atoms with van der Waals surface area (Å²) in [6, 6.07) is 27.0. The number of anilines is 4. The lowest BCUT2D eigenvalue weighted by Gasteiger charge is -2.33. The Balaban J connectivity index is 0.927. The van der Waals surface area contributed by atoms with Crippen molar-refractivity contribution in [3.05, 3.63) is 124 Å². The molecule has 5 aromatic rings. The summed E-state index contributed by atoms with van der Waals surface area (Å²) in [4.78, 5) is 108. The van der Waals surface area contributed by atoms with Gasteiger partial charge in [0, 0.05) is 85.5 Å². The van der Waals surface area contributed by atoms with Crippen LogP contribution < -0.4 is 49.6 Å². The molecular formula is C62H68N8O13S. The summed E-state index contributed by atoms with van der Waals surface area (Å²) in [5.74, 6) is -1.24. The van der Waals surface area contributed by atoms with Gasteiger partial charge in [0.15, 0.2) is 23.0 Å². The van der Waals surface area contributed by atoms with E-state index in [2.05, 4.69) is 16.0 Å². The first-order valence-electron chi connectivity index (χ1n) is 27.8. The maximum atomic E-state index is 15.1. The van der Waals surface area contributed by atoms with E-state index in [-0.39, 0.29) is 87.2 Å². The van der Waals surface area contributed by atoms with Crippen LogP contribution in [0.25, 0.3) is 0 Å². The number of thioether (sulfide) groups is 1. The Bertz CT molecular complexity index is 3440. The molecular weight excluding hydrogens is 1100 g/mol. The average Bonchev–Trinajstić information content (AvgIpc) is 2.28. The molecule has 10 rings (SSSR count). The highest BCUT2D eigenvalue weighted by Crippen LogP contribution is 2.43. The van der Waals surface area contributed by atoms with Gasteiger partial charge in [-0.1, -0.05) is 50.2 Å². The Morgan fingerprint density at radius 3 is 2.02 bits per heavy atom. The molecule has 5 heterocycles. The minimum atomic E-state index is -1.02. The monoisotopic (exact) mass is 1160 g/mol. The Labute approximate surface area is 491 Å². The third kappa shape index (κ3) is 12.8. The normalized spacial score (nSPS) is 16.7. The number of nitrogens with one attached hydrogen (secondary N) is 3. The standard InChI is InChI=1S/C62H68N8O13S/c1-61(2,3)82-20-18-62(4,5)59(76)67(36-66-60(77)63-19-21-84-35-56(73)83-70-54(71)16-17-55(70)72)41-23-37(33-80-52-29-46-44(27-50(52)78-6)57(74)68-42(31-64-46)25-39-12-8-10-14-48(39)68)22-38(24-41)34-81-53-30-47-45(28-51(53)79-7)58(75)69-43(32-65-47)26-40-13-9-11-15-49(40)69/h8-15,22-24,27-31,42-43,65H,16-21,25-26,32-36H2,1-7H3,(H2,63,66,77)/t42-,43-/m0/s1. The number of benzene rings is 5. The smallest absolute Gasteiger partial charge is 0.342 e. The molecule has 5 aliphatic rings. The van der Waals surface area contributed by atoms with Crippen LogP contribution in [0.3, 0.4) is 0 Å². The van der Waals surface area contributed by atoms with Gasteiger partial charge in [-0.25, -0.2) is 9.59 Å². The molecule has 5 aliphatic heterocycles. The third-order valence-corrected chi connectivity index (χ3v) is 16.0. The number of hydrogen-bond acceptors (Lipinski definition) is 16. The summed E-state index contributed by atoms with van der Waals surface area (Å²) in [6.45, 7) is 9.92. The van der Waals surface area contributed by atoms with Gasteiger partial charge in [-0.05, 0) is 98.3 Å². The number of amides is 7. The van der Waals surface area contributed by atoms with Gasteiger partial charge in [0.05, 0.1) is 66.8 Å². The average molecular weight is 1170 g/mol. The number of carbonyl (C=O) groups is 7. The second-order valence-electron chi connectivity index (χ2n) is 22.6. The Morgan fingerprint density at radius 1 is 0.738 bits per heavy atom. The number of urea groups is 1. The maximum Gasteiger partial charge on any atom is 0.342 e. The predicted molar refractivity (Wildman–Crippen MR) is 317 cm³/mol. The Morgan fingerprint density at radius 2 is 1.36 bits per heavy atom. The SMILES string of the molecule is COc1cc2c(cc1OCc1cc(COc3cc4c(cc3OC)C(=O)N3c5ccccc5C[C@H]3CN4)cc(N(CNC(=O)NCCSCC(=O)ON3C(=O)CCC3=O)C(=O)C(C)(C)CCOC(C)(C)C)c1)N=C[C@@H]1Cc3ccccc3N1C2=O. The zero-order valence-electron chi connectivity index (χ0n) is 48.0.